The van der Waals surface area contributed by atoms with Gasteiger partial charge in [0.2, 0.25) is 0 Å². The summed E-state index contributed by atoms with van der Waals surface area (Å²) in [5, 5.41) is 10.0. The van der Waals surface area contributed by atoms with Crippen LogP contribution < -0.4 is 0 Å². The monoisotopic (exact) mass is 289 g/mol. The Hall–Kier alpha value is -1.34. The summed E-state index contributed by atoms with van der Waals surface area (Å²) in [4.78, 5) is 2.27. The van der Waals surface area contributed by atoms with Crippen LogP contribution >= 0.6 is 0 Å². The van der Waals surface area contributed by atoms with E-state index in [1.54, 1.807) is 0 Å². The highest BCUT2D eigenvalue weighted by Crippen LogP contribution is 2.14. The first kappa shape index (κ1) is 17.7. The Kier molecular flexibility index (Phi) is 8.07. The number of benzene rings is 1. The standard InChI is InChI=1S/C18H27NO2/c1-5-9-19(13-18(20)14-21-10-6-2)12-17-11-15(3)7-8-16(17)4/h2,7-8,11,18,20H,5,9-10,12-14H2,1,3-4H3. The molecule has 0 saturated carbocycles. The van der Waals surface area contributed by atoms with E-state index in [1.165, 1.54) is 16.7 Å². The molecule has 21 heavy (non-hydrogen) atoms. The molecule has 0 radical (unpaired) electrons. The SMILES string of the molecule is C#CCOCC(O)CN(CCC)Cc1cc(C)ccc1C. The highest BCUT2D eigenvalue weighted by atomic mass is 16.5. The molecule has 3 heteroatoms. The lowest BCUT2D eigenvalue weighted by molar-refractivity contribution is 0.0261. The van der Waals surface area contributed by atoms with Crippen molar-refractivity contribution in [3.05, 3.63) is 34.9 Å². The average molecular weight is 289 g/mol. The van der Waals surface area contributed by atoms with E-state index in [4.69, 9.17) is 11.2 Å². The van der Waals surface area contributed by atoms with Crippen molar-refractivity contribution in [2.75, 3.05) is 26.3 Å². The first-order valence-corrected chi connectivity index (χ1v) is 7.54. The molecule has 116 valence electrons. The maximum atomic E-state index is 10.0. The van der Waals surface area contributed by atoms with E-state index in [9.17, 15) is 5.11 Å². The Morgan fingerprint density at radius 2 is 2.14 bits per heavy atom. The van der Waals surface area contributed by atoms with E-state index in [2.05, 4.69) is 49.8 Å². The molecule has 0 amide bonds. The second-order valence-electron chi connectivity index (χ2n) is 5.54. The minimum Gasteiger partial charge on any atom is -0.389 e. The van der Waals surface area contributed by atoms with Crippen molar-refractivity contribution in [1.29, 1.82) is 0 Å². The number of rotatable bonds is 9. The molecule has 0 aliphatic carbocycles. The third-order valence-electron chi connectivity index (χ3n) is 3.40. The predicted molar refractivity (Wildman–Crippen MR) is 87.1 cm³/mol. The molecule has 0 aliphatic rings. The summed E-state index contributed by atoms with van der Waals surface area (Å²) < 4.78 is 5.20. The van der Waals surface area contributed by atoms with E-state index in [0.29, 0.717) is 6.54 Å². The number of hydrogen-bond donors (Lipinski definition) is 1. The Morgan fingerprint density at radius 1 is 1.38 bits per heavy atom. The summed E-state index contributed by atoms with van der Waals surface area (Å²) in [5.74, 6) is 2.41. The van der Waals surface area contributed by atoms with Gasteiger partial charge in [-0.25, -0.2) is 0 Å². The van der Waals surface area contributed by atoms with Crippen LogP contribution in [0.3, 0.4) is 0 Å². The van der Waals surface area contributed by atoms with E-state index >= 15 is 0 Å². The van der Waals surface area contributed by atoms with Gasteiger partial charge in [0.05, 0.1) is 12.7 Å². The molecule has 0 bridgehead atoms. The molecule has 0 heterocycles. The van der Waals surface area contributed by atoms with Crippen LogP contribution in [0.25, 0.3) is 0 Å². The van der Waals surface area contributed by atoms with Crippen LogP contribution in [0.2, 0.25) is 0 Å². The zero-order valence-electron chi connectivity index (χ0n) is 13.4. The van der Waals surface area contributed by atoms with Crippen LogP contribution in [0, 0.1) is 26.2 Å². The summed E-state index contributed by atoms with van der Waals surface area (Å²) in [5.41, 5.74) is 3.88. The lowest BCUT2D eigenvalue weighted by Gasteiger charge is -2.25. The maximum absolute atomic E-state index is 10.0. The van der Waals surface area contributed by atoms with Gasteiger partial charge in [0, 0.05) is 13.1 Å². The number of aliphatic hydroxyl groups excluding tert-OH is 1. The first-order valence-electron chi connectivity index (χ1n) is 7.54. The van der Waals surface area contributed by atoms with Gasteiger partial charge in [0.15, 0.2) is 0 Å². The van der Waals surface area contributed by atoms with Gasteiger partial charge in [0.25, 0.3) is 0 Å². The zero-order valence-corrected chi connectivity index (χ0v) is 13.4. The van der Waals surface area contributed by atoms with Crippen LogP contribution in [0.15, 0.2) is 18.2 Å². The molecule has 0 fully saturated rings. The lowest BCUT2D eigenvalue weighted by atomic mass is 10.0. The van der Waals surface area contributed by atoms with Crippen LogP contribution in [-0.2, 0) is 11.3 Å². The minimum absolute atomic E-state index is 0.252. The van der Waals surface area contributed by atoms with Crippen molar-refractivity contribution in [3.8, 4) is 12.3 Å². The largest absolute Gasteiger partial charge is 0.389 e. The molecule has 0 spiro atoms. The van der Waals surface area contributed by atoms with Crippen molar-refractivity contribution < 1.29 is 9.84 Å². The van der Waals surface area contributed by atoms with Crippen molar-refractivity contribution in [1.82, 2.24) is 4.90 Å². The molecule has 1 atom stereocenters. The number of ether oxygens (including phenoxy) is 1. The van der Waals surface area contributed by atoms with Gasteiger partial charge in [-0.3, -0.25) is 4.90 Å². The minimum atomic E-state index is -0.505. The molecular weight excluding hydrogens is 262 g/mol. The van der Waals surface area contributed by atoms with E-state index in [-0.39, 0.29) is 13.2 Å². The molecule has 0 saturated heterocycles. The highest BCUT2D eigenvalue weighted by Gasteiger charge is 2.13. The highest BCUT2D eigenvalue weighted by molar-refractivity contribution is 5.30. The zero-order chi connectivity index (χ0) is 15.7. The van der Waals surface area contributed by atoms with Crippen molar-refractivity contribution in [3.63, 3.8) is 0 Å². The first-order chi connectivity index (χ1) is 10.1. The fourth-order valence-corrected chi connectivity index (χ4v) is 2.37. The third kappa shape index (κ3) is 6.77. The molecule has 0 aromatic heterocycles. The maximum Gasteiger partial charge on any atom is 0.107 e. The Balaban J connectivity index is 2.60. The smallest absolute Gasteiger partial charge is 0.107 e. The van der Waals surface area contributed by atoms with Crippen LogP contribution in [0.5, 0.6) is 0 Å². The molecular formula is C18H27NO2. The Morgan fingerprint density at radius 3 is 2.81 bits per heavy atom. The van der Waals surface area contributed by atoms with Gasteiger partial charge >= 0.3 is 0 Å². The van der Waals surface area contributed by atoms with Crippen LogP contribution in [-0.4, -0.2) is 42.4 Å². The molecule has 3 nitrogen and oxygen atoms in total. The summed E-state index contributed by atoms with van der Waals surface area (Å²) >= 11 is 0. The van der Waals surface area contributed by atoms with Crippen molar-refractivity contribution in [2.45, 2.75) is 39.8 Å². The van der Waals surface area contributed by atoms with Gasteiger partial charge < -0.3 is 9.84 Å². The molecule has 0 aliphatic heterocycles. The van der Waals surface area contributed by atoms with E-state index in [0.717, 1.165) is 19.5 Å². The van der Waals surface area contributed by atoms with Crippen LogP contribution in [0.4, 0.5) is 0 Å². The number of hydrogen-bond acceptors (Lipinski definition) is 3. The fourth-order valence-electron chi connectivity index (χ4n) is 2.37. The van der Waals surface area contributed by atoms with Gasteiger partial charge in [-0.1, -0.05) is 36.6 Å². The van der Waals surface area contributed by atoms with E-state index in [1.807, 2.05) is 0 Å². The molecule has 1 aromatic carbocycles. The number of terminal acetylenes is 1. The molecule has 1 aromatic rings. The topological polar surface area (TPSA) is 32.7 Å². The van der Waals surface area contributed by atoms with Gasteiger partial charge in [-0.15, -0.1) is 6.42 Å². The Labute approximate surface area is 128 Å². The van der Waals surface area contributed by atoms with E-state index < -0.39 is 6.10 Å². The molecule has 1 rings (SSSR count). The lowest BCUT2D eigenvalue weighted by Crippen LogP contribution is -2.35. The average Bonchev–Trinajstić information content (AvgIpc) is 2.43. The fraction of sp³-hybridized carbons (Fsp3) is 0.556. The molecule has 1 unspecified atom stereocenters. The summed E-state index contributed by atoms with van der Waals surface area (Å²) in [6, 6.07) is 6.51. The Bertz CT molecular complexity index is 465. The summed E-state index contributed by atoms with van der Waals surface area (Å²) in [7, 11) is 0. The molecule has 1 N–H and O–H groups in total. The van der Waals surface area contributed by atoms with Crippen molar-refractivity contribution in [2.24, 2.45) is 0 Å². The summed E-state index contributed by atoms with van der Waals surface area (Å²) in [6.45, 7) is 9.34. The van der Waals surface area contributed by atoms with Gasteiger partial charge in [-0.05, 0) is 37.9 Å². The van der Waals surface area contributed by atoms with Crippen LogP contribution in [0.1, 0.15) is 30.0 Å². The van der Waals surface area contributed by atoms with Gasteiger partial charge in [0.1, 0.15) is 6.61 Å². The second-order valence-corrected chi connectivity index (χ2v) is 5.54. The quantitative estimate of drug-likeness (QED) is 0.560. The summed E-state index contributed by atoms with van der Waals surface area (Å²) in [6.07, 6.45) is 5.68. The van der Waals surface area contributed by atoms with Crippen molar-refractivity contribution >= 4 is 0 Å². The number of nitrogens with zero attached hydrogens (tertiary/aromatic N) is 1. The second kappa shape index (κ2) is 9.57. The third-order valence-corrected chi connectivity index (χ3v) is 3.40. The number of aliphatic hydroxyl groups is 1. The van der Waals surface area contributed by atoms with Gasteiger partial charge in [-0.2, -0.15) is 0 Å². The number of aryl methyl sites for hydroxylation is 2. The normalized spacial score (nSPS) is 12.4. The predicted octanol–water partition coefficient (Wildman–Crippen LogP) is 2.53.